The molecule has 0 N–H and O–H groups in total. The average Bonchev–Trinajstić information content (AvgIpc) is 2.35. The molecule has 1 atom stereocenters. The van der Waals surface area contributed by atoms with Crippen LogP contribution in [0.25, 0.3) is 0 Å². The van der Waals surface area contributed by atoms with Gasteiger partial charge in [0.1, 0.15) is 22.3 Å². The molecule has 0 fully saturated rings. The minimum absolute atomic E-state index is 0.0312. The molecule has 0 aliphatic carbocycles. The Morgan fingerprint density at radius 3 is 2.55 bits per heavy atom. The summed E-state index contributed by atoms with van der Waals surface area (Å²) in [5, 5.41) is 11.0. The molecule has 7 heteroatoms. The Balaban J connectivity index is 2.56. The van der Waals surface area contributed by atoms with Crippen LogP contribution in [0.5, 0.6) is 5.75 Å². The zero-order chi connectivity index (χ0) is 16.7. The molecule has 0 unspecified atom stereocenters. The summed E-state index contributed by atoms with van der Waals surface area (Å²) in [7, 11) is -1.43. The first-order valence-corrected chi connectivity index (χ1v) is 8.08. The number of nitro groups is 1. The Hall–Kier alpha value is -1.76. The van der Waals surface area contributed by atoms with Gasteiger partial charge in [0.2, 0.25) is 0 Å². The number of non-ortho nitro benzene ring substituents is 1. The average molecular weight is 324 g/mol. The molecule has 1 aliphatic heterocycles. The third-order valence-electron chi connectivity index (χ3n) is 3.18. The molecule has 0 saturated carbocycles. The fourth-order valence-corrected chi connectivity index (χ4v) is 2.73. The van der Waals surface area contributed by atoms with Crippen LogP contribution in [0.1, 0.15) is 46.6 Å². The topological polar surface area (TPSA) is 81.8 Å². The van der Waals surface area contributed by atoms with E-state index in [1.54, 1.807) is 6.07 Å². The summed E-state index contributed by atoms with van der Waals surface area (Å²) < 4.78 is 22.0. The lowest BCUT2D eigenvalue weighted by Gasteiger charge is -2.33. The fourth-order valence-electron chi connectivity index (χ4n) is 2.10. The molecule has 1 aromatic rings. The van der Waals surface area contributed by atoms with E-state index < -0.39 is 26.3 Å². The van der Waals surface area contributed by atoms with Crippen molar-refractivity contribution in [3.63, 3.8) is 0 Å². The van der Waals surface area contributed by atoms with Gasteiger partial charge < -0.3 is 4.74 Å². The van der Waals surface area contributed by atoms with Crippen LogP contribution in [0, 0.1) is 10.1 Å². The third kappa shape index (κ3) is 3.52. The van der Waals surface area contributed by atoms with Crippen molar-refractivity contribution in [3.05, 3.63) is 33.9 Å². The van der Waals surface area contributed by atoms with Crippen LogP contribution in [-0.2, 0) is 11.0 Å². The van der Waals surface area contributed by atoms with Gasteiger partial charge in [-0.05, 0) is 40.7 Å². The number of benzene rings is 1. The van der Waals surface area contributed by atoms with Crippen LogP contribution in [-0.4, -0.2) is 25.2 Å². The first-order valence-electron chi connectivity index (χ1n) is 6.97. The van der Waals surface area contributed by atoms with Crippen LogP contribution < -0.4 is 4.74 Å². The van der Waals surface area contributed by atoms with Crippen LogP contribution in [0.4, 0.5) is 5.69 Å². The van der Waals surface area contributed by atoms with Gasteiger partial charge in [0.25, 0.3) is 5.69 Å². The van der Waals surface area contributed by atoms with E-state index in [-0.39, 0.29) is 5.69 Å². The van der Waals surface area contributed by atoms with Crippen LogP contribution in [0.3, 0.4) is 0 Å². The highest BCUT2D eigenvalue weighted by Crippen LogP contribution is 2.36. The van der Waals surface area contributed by atoms with Gasteiger partial charge >= 0.3 is 0 Å². The largest absolute Gasteiger partial charge is 0.487 e. The summed E-state index contributed by atoms with van der Waals surface area (Å²) in [4.78, 5) is 10.5. The van der Waals surface area contributed by atoms with Crippen molar-refractivity contribution in [2.45, 2.75) is 51.4 Å². The second-order valence-corrected chi connectivity index (χ2v) is 8.78. The smallest absolute Gasteiger partial charge is 0.270 e. The maximum Gasteiger partial charge on any atom is 0.270 e. The number of ether oxygens (including phenoxy) is 1. The Bertz CT molecular complexity index is 675. The van der Waals surface area contributed by atoms with Gasteiger partial charge in [-0.2, -0.15) is 4.40 Å². The summed E-state index contributed by atoms with van der Waals surface area (Å²) in [5.74, 6) is 0.534. The molecule has 120 valence electrons. The Kier molecular flexibility index (Phi) is 4.12. The predicted octanol–water partition coefficient (Wildman–Crippen LogP) is 3.41. The number of hydrogen-bond donors (Lipinski definition) is 0. The van der Waals surface area contributed by atoms with E-state index in [0.29, 0.717) is 23.4 Å². The maximum absolute atomic E-state index is 12.3. The zero-order valence-electron chi connectivity index (χ0n) is 13.4. The molecule has 0 radical (unpaired) electrons. The van der Waals surface area contributed by atoms with Crippen molar-refractivity contribution in [3.8, 4) is 5.75 Å². The van der Waals surface area contributed by atoms with Crippen molar-refractivity contribution in [1.82, 2.24) is 0 Å². The molecule has 1 heterocycles. The molecule has 2 rings (SSSR count). The van der Waals surface area contributed by atoms with Crippen molar-refractivity contribution < 1.29 is 13.9 Å². The second-order valence-electron chi connectivity index (χ2n) is 6.88. The molecule has 0 spiro atoms. The lowest BCUT2D eigenvalue weighted by Crippen LogP contribution is -2.37. The number of nitrogens with zero attached hydrogens (tertiary/aromatic N) is 2. The molecule has 22 heavy (non-hydrogen) atoms. The number of fused-ring (bicyclic) bond motifs is 1. The Labute approximate surface area is 132 Å². The van der Waals surface area contributed by atoms with Crippen molar-refractivity contribution in [2.24, 2.45) is 4.40 Å². The van der Waals surface area contributed by atoms with Crippen molar-refractivity contribution in [1.29, 1.82) is 0 Å². The van der Waals surface area contributed by atoms with Gasteiger partial charge in [0, 0.05) is 24.1 Å². The molecule has 0 saturated heterocycles. The van der Waals surface area contributed by atoms with E-state index in [1.165, 1.54) is 12.1 Å². The van der Waals surface area contributed by atoms with Gasteiger partial charge in [-0.1, -0.05) is 0 Å². The predicted molar refractivity (Wildman–Crippen MR) is 86.9 cm³/mol. The summed E-state index contributed by atoms with van der Waals surface area (Å²) in [5.41, 5.74) is 0.606. The van der Waals surface area contributed by atoms with Gasteiger partial charge in [0.05, 0.1) is 15.4 Å². The van der Waals surface area contributed by atoms with Crippen molar-refractivity contribution >= 4 is 22.4 Å². The number of nitro benzene ring substituents is 1. The summed E-state index contributed by atoms with van der Waals surface area (Å²) in [6.45, 7) is 9.34. The fraction of sp³-hybridized carbons (Fsp3) is 0.533. The number of hydrogen-bond acceptors (Lipinski definition) is 4. The van der Waals surface area contributed by atoms with E-state index in [1.807, 2.05) is 34.6 Å². The van der Waals surface area contributed by atoms with E-state index in [9.17, 15) is 14.3 Å². The summed E-state index contributed by atoms with van der Waals surface area (Å²) in [6.07, 6.45) is 0.447. The van der Waals surface area contributed by atoms with E-state index in [2.05, 4.69) is 4.40 Å². The lowest BCUT2D eigenvalue weighted by molar-refractivity contribution is -0.384. The molecule has 0 bridgehead atoms. The first kappa shape index (κ1) is 16.6. The molecule has 6 nitrogen and oxygen atoms in total. The Morgan fingerprint density at radius 1 is 1.36 bits per heavy atom. The molecular weight excluding hydrogens is 304 g/mol. The molecular formula is C15H20N2O4S. The summed E-state index contributed by atoms with van der Waals surface area (Å²) >= 11 is 0. The van der Waals surface area contributed by atoms with Gasteiger partial charge in [-0.15, -0.1) is 0 Å². The van der Waals surface area contributed by atoms with Crippen LogP contribution in [0.2, 0.25) is 0 Å². The molecule has 0 amide bonds. The third-order valence-corrected chi connectivity index (χ3v) is 4.62. The van der Waals surface area contributed by atoms with E-state index in [4.69, 9.17) is 4.74 Å². The normalized spacial score (nSPS) is 20.1. The maximum atomic E-state index is 12.3. The minimum Gasteiger partial charge on any atom is -0.487 e. The number of rotatable bonds is 2. The second kappa shape index (κ2) is 5.46. The lowest BCUT2D eigenvalue weighted by atomic mass is 9.92. The van der Waals surface area contributed by atoms with Gasteiger partial charge in [-0.3, -0.25) is 10.1 Å². The summed E-state index contributed by atoms with van der Waals surface area (Å²) in [6, 6.07) is 4.41. The van der Waals surface area contributed by atoms with Crippen LogP contribution >= 0.6 is 0 Å². The standard InChI is InChI=1S/C15H20N2O4S/c1-14(2,3)22(20)16-12-9-15(4,5)21-13-7-6-10(17(18)19)8-11(12)13/h6-8H,9H2,1-5H3/b16-12+/t22-/m1/s1. The minimum atomic E-state index is -1.43. The molecule has 1 aliphatic rings. The quantitative estimate of drug-likeness (QED) is 0.616. The van der Waals surface area contributed by atoms with E-state index >= 15 is 0 Å². The van der Waals surface area contributed by atoms with Gasteiger partial charge in [0.15, 0.2) is 0 Å². The monoisotopic (exact) mass is 324 g/mol. The SMILES string of the molecule is CC1(C)C/C(=N\[S@](=O)C(C)(C)C)c2cc([N+](=O)[O-])ccc2O1. The molecule has 1 aromatic carbocycles. The van der Waals surface area contributed by atoms with E-state index in [0.717, 1.165) is 0 Å². The van der Waals surface area contributed by atoms with Gasteiger partial charge in [-0.25, -0.2) is 4.21 Å². The zero-order valence-corrected chi connectivity index (χ0v) is 14.2. The Morgan fingerprint density at radius 2 is 2.00 bits per heavy atom. The first-order chi connectivity index (χ1) is 9.99. The highest BCUT2D eigenvalue weighted by molar-refractivity contribution is 7.85. The van der Waals surface area contributed by atoms with Crippen molar-refractivity contribution in [2.75, 3.05) is 0 Å². The molecule has 0 aromatic heterocycles. The highest BCUT2D eigenvalue weighted by atomic mass is 32.2. The van der Waals surface area contributed by atoms with Crippen LogP contribution in [0.15, 0.2) is 22.6 Å². The highest BCUT2D eigenvalue weighted by Gasteiger charge is 2.33.